The Bertz CT molecular complexity index is 1550. The number of nitrogen functional groups attached to an aromatic ring is 1. The van der Waals surface area contributed by atoms with Crippen LogP contribution in [-0.4, -0.2) is 58.1 Å². The SMILES string of the molecule is CC(C)CC1CC(c2ccc3c(c2)OC[C@@H]3N(C)C(=O)c2ccc3nc(N)c4c(c3c2)COC4)=CCN1C(=O)O. The molecular formula is C31H34N4O5. The molecule has 2 amide bonds. The van der Waals surface area contributed by atoms with Gasteiger partial charge in [-0.25, -0.2) is 9.78 Å². The smallest absolute Gasteiger partial charge is 0.407 e. The van der Waals surface area contributed by atoms with Gasteiger partial charge in [0.2, 0.25) is 0 Å². The van der Waals surface area contributed by atoms with E-state index in [2.05, 4.69) is 24.9 Å². The maximum Gasteiger partial charge on any atom is 0.407 e. The minimum Gasteiger partial charge on any atom is -0.491 e. The molecule has 0 saturated heterocycles. The van der Waals surface area contributed by atoms with E-state index >= 15 is 0 Å². The van der Waals surface area contributed by atoms with Crippen LogP contribution in [0.4, 0.5) is 10.6 Å². The highest BCUT2D eigenvalue weighted by molar-refractivity contribution is 5.99. The predicted octanol–water partition coefficient (Wildman–Crippen LogP) is 5.23. The second-order valence-corrected chi connectivity index (χ2v) is 11.3. The van der Waals surface area contributed by atoms with Crippen LogP contribution in [0.1, 0.15) is 65.3 Å². The quantitative estimate of drug-likeness (QED) is 0.453. The summed E-state index contributed by atoms with van der Waals surface area (Å²) in [6.07, 6.45) is 2.60. The number of likely N-dealkylation sites (N-methyl/N-ethyl adjacent to an activating group) is 1. The first-order chi connectivity index (χ1) is 19.2. The number of carbonyl (C=O) groups is 2. The number of rotatable bonds is 5. The molecule has 3 aliphatic rings. The second kappa shape index (κ2) is 10.1. The van der Waals surface area contributed by atoms with Crippen LogP contribution in [0.5, 0.6) is 5.75 Å². The number of amides is 2. The molecule has 40 heavy (non-hydrogen) atoms. The summed E-state index contributed by atoms with van der Waals surface area (Å²) >= 11 is 0. The molecule has 0 aliphatic carbocycles. The van der Waals surface area contributed by atoms with Crippen molar-refractivity contribution in [3.05, 3.63) is 70.3 Å². The number of carbonyl (C=O) groups excluding carboxylic acids is 1. The van der Waals surface area contributed by atoms with E-state index in [4.69, 9.17) is 15.2 Å². The first-order valence-corrected chi connectivity index (χ1v) is 13.7. The minimum atomic E-state index is -0.877. The molecule has 0 bridgehead atoms. The number of nitrogens with two attached hydrogens (primary N) is 1. The lowest BCUT2D eigenvalue weighted by Crippen LogP contribution is -2.42. The fraction of sp³-hybridized carbons (Fsp3) is 0.387. The van der Waals surface area contributed by atoms with Crippen molar-refractivity contribution >= 4 is 34.3 Å². The van der Waals surface area contributed by atoms with Crippen LogP contribution in [0, 0.1) is 5.92 Å². The molecule has 4 heterocycles. The molecule has 208 valence electrons. The number of anilines is 1. The average molecular weight is 543 g/mol. The van der Waals surface area contributed by atoms with Gasteiger partial charge in [0.15, 0.2) is 0 Å². The number of ether oxygens (including phenoxy) is 2. The molecule has 9 heteroatoms. The molecule has 0 spiro atoms. The van der Waals surface area contributed by atoms with Gasteiger partial charge in [-0.15, -0.1) is 0 Å². The number of benzene rings is 2. The van der Waals surface area contributed by atoms with Crippen molar-refractivity contribution in [2.75, 3.05) is 25.9 Å². The fourth-order valence-corrected chi connectivity index (χ4v) is 6.19. The topological polar surface area (TPSA) is 118 Å². The van der Waals surface area contributed by atoms with Crippen molar-refractivity contribution in [1.82, 2.24) is 14.8 Å². The fourth-order valence-electron chi connectivity index (χ4n) is 6.19. The number of fused-ring (bicyclic) bond motifs is 4. The van der Waals surface area contributed by atoms with Crippen LogP contribution in [0.15, 0.2) is 42.5 Å². The summed E-state index contributed by atoms with van der Waals surface area (Å²) in [5.41, 5.74) is 12.5. The van der Waals surface area contributed by atoms with Gasteiger partial charge in [0.1, 0.15) is 18.2 Å². The van der Waals surface area contributed by atoms with Gasteiger partial charge in [0.05, 0.1) is 24.8 Å². The Kier molecular flexibility index (Phi) is 6.62. The van der Waals surface area contributed by atoms with Crippen LogP contribution >= 0.6 is 0 Å². The van der Waals surface area contributed by atoms with Crippen LogP contribution in [0.25, 0.3) is 16.5 Å². The summed E-state index contributed by atoms with van der Waals surface area (Å²) < 4.78 is 11.7. The molecule has 3 N–H and O–H groups in total. The summed E-state index contributed by atoms with van der Waals surface area (Å²) in [6, 6.07) is 11.4. The van der Waals surface area contributed by atoms with Gasteiger partial charge >= 0.3 is 6.09 Å². The maximum absolute atomic E-state index is 13.6. The highest BCUT2D eigenvalue weighted by atomic mass is 16.5. The van der Waals surface area contributed by atoms with E-state index in [1.165, 1.54) is 4.90 Å². The lowest BCUT2D eigenvalue weighted by atomic mass is 9.89. The molecular weight excluding hydrogens is 508 g/mol. The predicted molar refractivity (Wildman–Crippen MR) is 152 cm³/mol. The third-order valence-corrected chi connectivity index (χ3v) is 8.32. The number of pyridine rings is 1. The zero-order valence-electron chi connectivity index (χ0n) is 23.0. The Morgan fingerprint density at radius 1 is 1.18 bits per heavy atom. The number of hydrogen-bond donors (Lipinski definition) is 2. The monoisotopic (exact) mass is 542 g/mol. The minimum absolute atomic E-state index is 0.0513. The summed E-state index contributed by atoms with van der Waals surface area (Å²) in [6.45, 7) is 5.88. The van der Waals surface area contributed by atoms with Gasteiger partial charge in [-0.1, -0.05) is 32.1 Å². The van der Waals surface area contributed by atoms with Gasteiger partial charge in [-0.05, 0) is 59.7 Å². The first-order valence-electron chi connectivity index (χ1n) is 13.7. The molecule has 9 nitrogen and oxygen atoms in total. The molecule has 1 unspecified atom stereocenters. The Morgan fingerprint density at radius 3 is 2.75 bits per heavy atom. The second-order valence-electron chi connectivity index (χ2n) is 11.3. The lowest BCUT2D eigenvalue weighted by Gasteiger charge is -2.34. The summed E-state index contributed by atoms with van der Waals surface area (Å²) in [5.74, 6) is 1.54. The number of aromatic nitrogens is 1. The van der Waals surface area contributed by atoms with Crippen molar-refractivity contribution in [1.29, 1.82) is 0 Å². The van der Waals surface area contributed by atoms with E-state index in [1.54, 1.807) is 18.0 Å². The Labute approximate surface area is 233 Å². The van der Waals surface area contributed by atoms with E-state index in [0.717, 1.165) is 50.9 Å². The molecule has 0 fully saturated rings. The highest BCUT2D eigenvalue weighted by Gasteiger charge is 2.33. The highest BCUT2D eigenvalue weighted by Crippen LogP contribution is 2.40. The summed E-state index contributed by atoms with van der Waals surface area (Å²) in [4.78, 5) is 33.1. The lowest BCUT2D eigenvalue weighted by molar-refractivity contribution is 0.0708. The standard InChI is InChI=1S/C31H34N4O5/c1-17(2)10-21-11-19(8-9-35(21)31(37)38)18-4-6-22-27(16-40-28(22)13-18)34(3)30(36)20-5-7-26-23(12-20)24-14-39-15-25(24)29(32)33-26/h4-8,12-13,17,21,27H,9-11,14-16H2,1-3H3,(H2,32,33)(H,37,38)/t21?,27-/m0/s1. The summed E-state index contributed by atoms with van der Waals surface area (Å²) in [7, 11) is 1.80. The first kappa shape index (κ1) is 26.1. The number of nitrogens with zero attached hydrogens (tertiary/aromatic N) is 3. The molecule has 0 saturated carbocycles. The Hall–Kier alpha value is -4.11. The average Bonchev–Trinajstić information content (AvgIpc) is 3.59. The van der Waals surface area contributed by atoms with E-state index < -0.39 is 6.09 Å². The number of carboxylic acid groups (broad SMARTS) is 1. The molecule has 6 rings (SSSR count). The molecule has 0 radical (unpaired) electrons. The van der Waals surface area contributed by atoms with E-state index in [-0.39, 0.29) is 18.0 Å². The van der Waals surface area contributed by atoms with Gasteiger partial charge < -0.3 is 30.1 Å². The Balaban J connectivity index is 1.23. The van der Waals surface area contributed by atoms with Gasteiger partial charge in [0.25, 0.3) is 5.91 Å². The van der Waals surface area contributed by atoms with Crippen molar-refractivity contribution in [3.8, 4) is 5.75 Å². The van der Waals surface area contributed by atoms with E-state index in [0.29, 0.717) is 50.1 Å². The molecule has 1 aromatic heterocycles. The zero-order chi connectivity index (χ0) is 28.1. The van der Waals surface area contributed by atoms with Crippen molar-refractivity contribution < 1.29 is 24.2 Å². The third kappa shape index (κ3) is 4.54. The molecule has 2 atom stereocenters. The molecule has 2 aromatic carbocycles. The van der Waals surface area contributed by atoms with Crippen molar-refractivity contribution in [2.24, 2.45) is 5.92 Å². The summed E-state index contributed by atoms with van der Waals surface area (Å²) in [5, 5.41) is 10.5. The van der Waals surface area contributed by atoms with Crippen molar-refractivity contribution in [3.63, 3.8) is 0 Å². The zero-order valence-corrected chi connectivity index (χ0v) is 23.0. The van der Waals surface area contributed by atoms with Gasteiger partial charge in [-0.3, -0.25) is 4.79 Å². The van der Waals surface area contributed by atoms with E-state index in [1.807, 2.05) is 30.3 Å². The van der Waals surface area contributed by atoms with Crippen LogP contribution in [0.2, 0.25) is 0 Å². The molecule has 3 aliphatic heterocycles. The normalized spacial score (nSPS) is 19.8. The number of hydrogen-bond acceptors (Lipinski definition) is 6. The van der Waals surface area contributed by atoms with Crippen LogP contribution in [0.3, 0.4) is 0 Å². The third-order valence-electron chi connectivity index (χ3n) is 8.32. The van der Waals surface area contributed by atoms with E-state index in [9.17, 15) is 14.7 Å². The van der Waals surface area contributed by atoms with Gasteiger partial charge in [-0.2, -0.15) is 0 Å². The van der Waals surface area contributed by atoms with Gasteiger partial charge in [0, 0.05) is 41.7 Å². The Morgan fingerprint density at radius 2 is 1.98 bits per heavy atom. The maximum atomic E-state index is 13.6. The van der Waals surface area contributed by atoms with Crippen LogP contribution < -0.4 is 10.5 Å². The van der Waals surface area contributed by atoms with Crippen molar-refractivity contribution in [2.45, 2.75) is 52.0 Å². The molecule has 3 aromatic rings. The van der Waals surface area contributed by atoms with Crippen LogP contribution in [-0.2, 0) is 18.0 Å². The largest absolute Gasteiger partial charge is 0.491 e.